The highest BCUT2D eigenvalue weighted by Gasteiger charge is 2.85. The zero-order valence-corrected chi connectivity index (χ0v) is 17.5. The summed E-state index contributed by atoms with van der Waals surface area (Å²) in [7, 11) is 1.45. The third kappa shape index (κ3) is 1.66. The van der Waals surface area contributed by atoms with Crippen LogP contribution in [0.25, 0.3) is 0 Å². The lowest BCUT2D eigenvalue weighted by molar-refractivity contribution is -0.349. The van der Waals surface area contributed by atoms with Crippen LogP contribution in [0.1, 0.15) is 51.9 Å². The van der Waals surface area contributed by atoms with Crippen LogP contribution in [0.5, 0.6) is 0 Å². The minimum absolute atomic E-state index is 0.00959. The van der Waals surface area contributed by atoms with Crippen molar-refractivity contribution in [3.05, 3.63) is 11.1 Å². The third-order valence-corrected chi connectivity index (χ3v) is 10.6. The Kier molecular flexibility index (Phi) is 3.53. The van der Waals surface area contributed by atoms with Crippen LogP contribution >= 0.6 is 0 Å². The molecule has 2 heterocycles. The van der Waals surface area contributed by atoms with Gasteiger partial charge in [-0.3, -0.25) is 9.69 Å². The van der Waals surface area contributed by atoms with Crippen LogP contribution in [-0.2, 0) is 9.53 Å². The maximum atomic E-state index is 12.9. The number of methoxy groups -OCH3 is 1. The smallest absolute Gasteiger partial charge is 0.309 e. The van der Waals surface area contributed by atoms with Crippen LogP contribution in [0, 0.1) is 34.5 Å². The number of allylic oxidation sites excluding steroid dienone is 1. The van der Waals surface area contributed by atoms with Crippen molar-refractivity contribution in [2.75, 3.05) is 26.8 Å². The molecule has 0 aromatic rings. The molecule has 0 aromatic carbocycles. The lowest BCUT2D eigenvalue weighted by atomic mass is 9.41. The number of ether oxygens (including phenoxy) is 1. The van der Waals surface area contributed by atoms with E-state index in [1.807, 2.05) is 6.92 Å². The zero-order valence-electron chi connectivity index (χ0n) is 17.5. The van der Waals surface area contributed by atoms with Crippen LogP contribution in [0.2, 0.25) is 0 Å². The molecule has 160 valence electrons. The van der Waals surface area contributed by atoms with Gasteiger partial charge in [-0.1, -0.05) is 18.1 Å². The van der Waals surface area contributed by atoms with E-state index in [0.29, 0.717) is 25.8 Å². The topological polar surface area (TPSA) is 90.2 Å². The van der Waals surface area contributed by atoms with E-state index in [9.17, 15) is 20.1 Å². The largest absolute Gasteiger partial charge is 0.469 e. The van der Waals surface area contributed by atoms with Crippen molar-refractivity contribution < 1.29 is 24.9 Å². The molecule has 0 radical (unpaired) electrons. The number of aliphatic hydroxyl groups excluding tert-OH is 1. The van der Waals surface area contributed by atoms with Gasteiger partial charge in [0.1, 0.15) is 5.60 Å². The predicted molar refractivity (Wildman–Crippen MR) is 104 cm³/mol. The van der Waals surface area contributed by atoms with Crippen LogP contribution in [0.15, 0.2) is 11.1 Å². The summed E-state index contributed by atoms with van der Waals surface area (Å²) in [6.45, 7) is 3.45. The Morgan fingerprint density at radius 1 is 1.21 bits per heavy atom. The van der Waals surface area contributed by atoms with Gasteiger partial charge in [-0.25, -0.2) is 0 Å². The maximum absolute atomic E-state index is 12.9. The summed E-state index contributed by atoms with van der Waals surface area (Å²) < 4.78 is 5.21. The second-order valence-corrected chi connectivity index (χ2v) is 10.9. The molecule has 0 aromatic heterocycles. The molecule has 4 fully saturated rings. The van der Waals surface area contributed by atoms with E-state index in [-0.39, 0.29) is 36.2 Å². The van der Waals surface area contributed by atoms with E-state index in [4.69, 9.17) is 4.74 Å². The van der Waals surface area contributed by atoms with Gasteiger partial charge in [0.15, 0.2) is 5.72 Å². The standard InChI is InChI=1S/C23H33NO5/c1-13-10-24-11-15-5-3-14-4-6-16-17(19(26)29-2)9-21(18(14)16)20(15,12-25)7-8-22(13,27)23(21,24)28/h13,15-17,25,27-28H,3-12H2,1-2H3/t13-,15+,16+,17+,20+,21+,22-,23-/m0/s1. The van der Waals surface area contributed by atoms with Crippen molar-refractivity contribution in [1.29, 1.82) is 0 Å². The zero-order chi connectivity index (χ0) is 20.4. The van der Waals surface area contributed by atoms with Crippen molar-refractivity contribution in [1.82, 2.24) is 4.90 Å². The monoisotopic (exact) mass is 403 g/mol. The predicted octanol–water partition coefficient (Wildman–Crippen LogP) is 1.44. The number of piperidine rings is 1. The van der Waals surface area contributed by atoms with Gasteiger partial charge in [-0.05, 0) is 56.8 Å². The summed E-state index contributed by atoms with van der Waals surface area (Å²) in [5.74, 6) is -0.195. The van der Waals surface area contributed by atoms with E-state index in [1.54, 1.807) is 0 Å². The molecule has 6 aliphatic rings. The van der Waals surface area contributed by atoms with Crippen molar-refractivity contribution >= 4 is 5.97 Å². The number of hydrogen-bond acceptors (Lipinski definition) is 6. The highest BCUT2D eigenvalue weighted by atomic mass is 16.5. The Bertz CT molecular complexity index is 826. The second kappa shape index (κ2) is 5.45. The molecule has 2 aliphatic heterocycles. The number of aliphatic hydroxyl groups is 3. The first-order valence-electron chi connectivity index (χ1n) is 11.4. The van der Waals surface area contributed by atoms with E-state index >= 15 is 0 Å². The molecule has 8 atom stereocenters. The molecule has 4 aliphatic carbocycles. The van der Waals surface area contributed by atoms with Gasteiger partial charge in [0, 0.05) is 29.8 Å². The van der Waals surface area contributed by atoms with Crippen LogP contribution in [0.3, 0.4) is 0 Å². The molecule has 6 nitrogen and oxygen atoms in total. The fourth-order valence-electron chi connectivity index (χ4n) is 9.46. The molecule has 29 heavy (non-hydrogen) atoms. The van der Waals surface area contributed by atoms with Gasteiger partial charge in [0.05, 0.1) is 19.6 Å². The quantitative estimate of drug-likeness (QED) is 0.478. The van der Waals surface area contributed by atoms with Crippen molar-refractivity contribution in [3.63, 3.8) is 0 Å². The van der Waals surface area contributed by atoms with Crippen molar-refractivity contribution in [2.45, 2.75) is 63.2 Å². The SMILES string of the molecule is COC(=O)[C@@H]1C[C@@]23C4=C(CC[C@@H]5CN6C[C@H](C)[C@@](O)(CC[C@@]52CO)[C@]63O)CC[C@@H]41. The van der Waals surface area contributed by atoms with Gasteiger partial charge < -0.3 is 20.1 Å². The molecule has 2 saturated carbocycles. The first-order valence-corrected chi connectivity index (χ1v) is 11.4. The summed E-state index contributed by atoms with van der Waals surface area (Å²) in [4.78, 5) is 15.0. The molecule has 0 unspecified atom stereocenters. The second-order valence-electron chi connectivity index (χ2n) is 10.9. The molecular weight excluding hydrogens is 370 g/mol. The lowest BCUT2D eigenvalue weighted by Crippen LogP contribution is -2.80. The molecule has 4 bridgehead atoms. The minimum atomic E-state index is -1.42. The number of carbonyl (C=O) groups is 1. The highest BCUT2D eigenvalue weighted by Crippen LogP contribution is 2.80. The van der Waals surface area contributed by atoms with E-state index in [2.05, 4.69) is 4.90 Å². The third-order valence-electron chi connectivity index (χ3n) is 10.6. The summed E-state index contributed by atoms with van der Waals surface area (Å²) in [5.41, 5.74) is -1.26. The normalized spacial score (nSPS) is 55.1. The van der Waals surface area contributed by atoms with E-state index in [1.165, 1.54) is 18.3 Å². The molecule has 0 amide bonds. The average Bonchev–Trinajstić information content (AvgIpc) is 3.32. The average molecular weight is 404 g/mol. The number of carbonyl (C=O) groups excluding carboxylic acids is 1. The van der Waals surface area contributed by atoms with Gasteiger partial charge in [0.25, 0.3) is 0 Å². The van der Waals surface area contributed by atoms with Gasteiger partial charge in [0.2, 0.25) is 0 Å². The summed E-state index contributed by atoms with van der Waals surface area (Å²) in [6, 6.07) is 0. The molecular formula is C23H33NO5. The van der Waals surface area contributed by atoms with Crippen LogP contribution in [0.4, 0.5) is 0 Å². The van der Waals surface area contributed by atoms with Gasteiger partial charge in [-0.2, -0.15) is 0 Å². The number of hydrogen-bond donors (Lipinski definition) is 3. The first-order chi connectivity index (χ1) is 13.8. The molecule has 2 saturated heterocycles. The van der Waals surface area contributed by atoms with Crippen molar-refractivity contribution in [3.8, 4) is 0 Å². The van der Waals surface area contributed by atoms with Crippen LogP contribution < -0.4 is 0 Å². The Labute approximate surface area is 171 Å². The first kappa shape index (κ1) is 18.8. The Hall–Kier alpha value is -0.950. The summed E-state index contributed by atoms with van der Waals surface area (Å²) in [5, 5.41) is 35.6. The Morgan fingerprint density at radius 2 is 1.97 bits per heavy atom. The lowest BCUT2D eigenvalue weighted by Gasteiger charge is -2.71. The minimum Gasteiger partial charge on any atom is -0.469 e. The van der Waals surface area contributed by atoms with Gasteiger partial charge >= 0.3 is 5.97 Å². The number of nitrogens with zero attached hydrogens (tertiary/aromatic N) is 1. The fourth-order valence-corrected chi connectivity index (χ4v) is 9.46. The van der Waals surface area contributed by atoms with Crippen molar-refractivity contribution in [2.24, 2.45) is 34.5 Å². The molecule has 3 N–H and O–H groups in total. The molecule has 1 spiro atoms. The number of rotatable bonds is 2. The van der Waals surface area contributed by atoms with E-state index in [0.717, 1.165) is 32.2 Å². The summed E-state index contributed by atoms with van der Waals surface area (Å²) in [6.07, 6.45) is 5.61. The van der Waals surface area contributed by atoms with Gasteiger partial charge in [-0.15, -0.1) is 0 Å². The Balaban J connectivity index is 1.68. The molecule has 6 heteroatoms. The van der Waals surface area contributed by atoms with E-state index < -0.39 is 22.2 Å². The highest BCUT2D eigenvalue weighted by molar-refractivity contribution is 5.75. The fraction of sp³-hybridized carbons (Fsp3) is 0.870. The maximum Gasteiger partial charge on any atom is 0.309 e. The molecule has 6 rings (SSSR count). The Morgan fingerprint density at radius 3 is 2.69 bits per heavy atom. The van der Waals surface area contributed by atoms with Crippen LogP contribution in [-0.4, -0.2) is 64.3 Å². The summed E-state index contributed by atoms with van der Waals surface area (Å²) >= 11 is 0. The number of esters is 1.